The molecule has 0 aliphatic heterocycles. The van der Waals surface area contributed by atoms with Crippen LogP contribution in [0.5, 0.6) is 0 Å². The van der Waals surface area contributed by atoms with Gasteiger partial charge in [0.05, 0.1) is 11.9 Å². The van der Waals surface area contributed by atoms with Crippen molar-refractivity contribution >= 4 is 28.6 Å². The highest BCUT2D eigenvalue weighted by molar-refractivity contribution is 7.99. The van der Waals surface area contributed by atoms with E-state index >= 15 is 0 Å². The van der Waals surface area contributed by atoms with Crippen LogP contribution in [0.2, 0.25) is 0 Å². The summed E-state index contributed by atoms with van der Waals surface area (Å²) in [6.45, 7) is 2.15. The maximum atomic E-state index is 5.78. The minimum absolute atomic E-state index is 0.637. The van der Waals surface area contributed by atoms with Gasteiger partial charge in [0.1, 0.15) is 11.3 Å². The average Bonchev–Trinajstić information content (AvgIpc) is 2.76. The van der Waals surface area contributed by atoms with E-state index in [1.54, 1.807) is 6.20 Å². The Hall–Kier alpha value is -2.01. The molecule has 0 unspecified atom stereocenters. The second-order valence-electron chi connectivity index (χ2n) is 4.53. The number of nitrogens with zero attached hydrogens (tertiary/aromatic N) is 3. The minimum Gasteiger partial charge on any atom is -0.397 e. The second-order valence-corrected chi connectivity index (χ2v) is 5.84. The first-order chi connectivity index (χ1) is 9.70. The summed E-state index contributed by atoms with van der Waals surface area (Å²) in [5.74, 6) is 1.96. The van der Waals surface area contributed by atoms with Crippen LogP contribution in [-0.2, 0) is 7.05 Å². The first-order valence-electron chi connectivity index (χ1n) is 6.51. The van der Waals surface area contributed by atoms with Gasteiger partial charge in [-0.3, -0.25) is 0 Å². The van der Waals surface area contributed by atoms with Crippen molar-refractivity contribution in [1.82, 2.24) is 14.5 Å². The van der Waals surface area contributed by atoms with Crippen LogP contribution in [0.3, 0.4) is 0 Å². The van der Waals surface area contributed by atoms with Crippen LogP contribution in [0.4, 0.5) is 5.69 Å². The molecule has 102 valence electrons. The number of aromatic nitrogens is 3. The number of pyridine rings is 1. The van der Waals surface area contributed by atoms with Crippen molar-refractivity contribution in [2.75, 3.05) is 11.5 Å². The Balaban J connectivity index is 2.22. The maximum absolute atomic E-state index is 5.78. The van der Waals surface area contributed by atoms with E-state index in [9.17, 15) is 0 Å². The van der Waals surface area contributed by atoms with Crippen molar-refractivity contribution in [3.05, 3.63) is 36.5 Å². The summed E-state index contributed by atoms with van der Waals surface area (Å²) in [6, 6.07) is 10.2. The van der Waals surface area contributed by atoms with E-state index in [-0.39, 0.29) is 0 Å². The Morgan fingerprint density at radius 2 is 2.10 bits per heavy atom. The molecule has 0 spiro atoms. The predicted octanol–water partition coefficient (Wildman–Crippen LogP) is 3.33. The van der Waals surface area contributed by atoms with Gasteiger partial charge in [0.25, 0.3) is 0 Å². The zero-order chi connectivity index (χ0) is 14.1. The largest absolute Gasteiger partial charge is 0.397 e. The molecular formula is C15H16N4S. The lowest BCUT2D eigenvalue weighted by Gasteiger charge is -2.07. The summed E-state index contributed by atoms with van der Waals surface area (Å²) in [6.07, 6.45) is 1.67. The van der Waals surface area contributed by atoms with Gasteiger partial charge in [-0.15, -0.1) is 11.8 Å². The number of fused-ring (bicyclic) bond motifs is 1. The van der Waals surface area contributed by atoms with E-state index < -0.39 is 0 Å². The van der Waals surface area contributed by atoms with E-state index in [2.05, 4.69) is 30.1 Å². The number of anilines is 1. The molecule has 2 aromatic heterocycles. The topological polar surface area (TPSA) is 56.7 Å². The summed E-state index contributed by atoms with van der Waals surface area (Å²) in [5, 5.41) is 0. The molecule has 0 fully saturated rings. The van der Waals surface area contributed by atoms with E-state index in [0.717, 1.165) is 28.3 Å². The molecule has 0 aliphatic carbocycles. The number of hydrogen-bond donors (Lipinski definition) is 1. The van der Waals surface area contributed by atoms with E-state index in [4.69, 9.17) is 10.7 Å². The number of rotatable bonds is 3. The fourth-order valence-corrected chi connectivity index (χ4v) is 3.07. The van der Waals surface area contributed by atoms with Crippen LogP contribution >= 0.6 is 11.8 Å². The van der Waals surface area contributed by atoms with Crippen LogP contribution < -0.4 is 5.73 Å². The highest BCUT2D eigenvalue weighted by Gasteiger charge is 2.14. The third kappa shape index (κ3) is 2.14. The molecule has 5 heteroatoms. The maximum Gasteiger partial charge on any atom is 0.160 e. The van der Waals surface area contributed by atoms with Gasteiger partial charge >= 0.3 is 0 Å². The molecule has 3 aromatic rings. The highest BCUT2D eigenvalue weighted by Crippen LogP contribution is 2.32. The van der Waals surface area contributed by atoms with Crippen molar-refractivity contribution in [2.45, 2.75) is 11.8 Å². The Kier molecular flexibility index (Phi) is 3.36. The summed E-state index contributed by atoms with van der Waals surface area (Å²) in [7, 11) is 1.99. The first kappa shape index (κ1) is 13.0. The van der Waals surface area contributed by atoms with Crippen LogP contribution in [0.25, 0.3) is 22.6 Å². The molecule has 4 nitrogen and oxygen atoms in total. The molecule has 0 saturated carbocycles. The van der Waals surface area contributed by atoms with Gasteiger partial charge < -0.3 is 10.3 Å². The first-order valence-corrected chi connectivity index (χ1v) is 7.49. The predicted molar refractivity (Wildman–Crippen MR) is 84.8 cm³/mol. The number of aryl methyl sites for hydroxylation is 1. The van der Waals surface area contributed by atoms with E-state index in [1.165, 1.54) is 4.90 Å². The molecule has 20 heavy (non-hydrogen) atoms. The van der Waals surface area contributed by atoms with Crippen LogP contribution in [0, 0.1) is 0 Å². The minimum atomic E-state index is 0.637. The van der Waals surface area contributed by atoms with Gasteiger partial charge in [0.2, 0.25) is 0 Å². The lowest BCUT2D eigenvalue weighted by atomic mass is 10.2. The Morgan fingerprint density at radius 3 is 2.90 bits per heavy atom. The van der Waals surface area contributed by atoms with Gasteiger partial charge in [-0.25, -0.2) is 9.97 Å². The summed E-state index contributed by atoms with van der Waals surface area (Å²) < 4.78 is 2.02. The smallest absolute Gasteiger partial charge is 0.160 e. The molecule has 3 rings (SSSR count). The van der Waals surface area contributed by atoms with Crippen molar-refractivity contribution in [3.63, 3.8) is 0 Å². The van der Waals surface area contributed by atoms with Crippen molar-refractivity contribution in [3.8, 4) is 11.4 Å². The van der Waals surface area contributed by atoms with Crippen LogP contribution in [0.15, 0.2) is 41.4 Å². The summed E-state index contributed by atoms with van der Waals surface area (Å²) >= 11 is 1.82. The normalized spacial score (nSPS) is 11.1. The van der Waals surface area contributed by atoms with Gasteiger partial charge in [-0.2, -0.15) is 0 Å². The van der Waals surface area contributed by atoms with Gasteiger partial charge in [0.15, 0.2) is 5.65 Å². The number of hydrogen-bond acceptors (Lipinski definition) is 4. The molecule has 2 heterocycles. The number of nitrogen functional groups attached to an aromatic ring is 1. The third-order valence-electron chi connectivity index (χ3n) is 3.16. The fourth-order valence-electron chi connectivity index (χ4n) is 2.27. The molecule has 0 radical (unpaired) electrons. The lowest BCUT2D eigenvalue weighted by Crippen LogP contribution is -1.95. The fraction of sp³-hybridized carbons (Fsp3) is 0.200. The zero-order valence-corrected chi connectivity index (χ0v) is 12.3. The quantitative estimate of drug-likeness (QED) is 0.750. The molecule has 0 amide bonds. The monoisotopic (exact) mass is 284 g/mol. The van der Waals surface area contributed by atoms with Crippen LogP contribution in [0.1, 0.15) is 6.92 Å². The Bertz CT molecular complexity index is 764. The summed E-state index contributed by atoms with van der Waals surface area (Å²) in [4.78, 5) is 10.3. The van der Waals surface area contributed by atoms with Crippen LogP contribution in [-0.4, -0.2) is 20.3 Å². The SMILES string of the molecule is CCSc1ccccc1-c1nc2cc(N)cnc2n1C. The number of benzene rings is 1. The summed E-state index contributed by atoms with van der Waals surface area (Å²) in [5.41, 5.74) is 9.24. The standard InChI is InChI=1S/C15H16N4S/c1-3-20-13-7-5-4-6-11(13)14-18-12-8-10(16)9-17-15(12)19(14)2/h4-9H,3,16H2,1-2H3. The number of nitrogens with two attached hydrogens (primary N) is 1. The Labute approximate surface area is 122 Å². The van der Waals surface area contributed by atoms with E-state index in [1.807, 2.05) is 35.5 Å². The molecule has 0 bridgehead atoms. The second kappa shape index (κ2) is 5.17. The van der Waals surface area contributed by atoms with Crippen molar-refractivity contribution < 1.29 is 0 Å². The molecule has 0 saturated heterocycles. The van der Waals surface area contributed by atoms with Gasteiger partial charge in [-0.1, -0.05) is 25.1 Å². The molecular weight excluding hydrogens is 268 g/mol. The van der Waals surface area contributed by atoms with E-state index in [0.29, 0.717) is 5.69 Å². The zero-order valence-electron chi connectivity index (χ0n) is 11.5. The molecule has 0 atom stereocenters. The Morgan fingerprint density at radius 1 is 1.30 bits per heavy atom. The highest BCUT2D eigenvalue weighted by atomic mass is 32.2. The third-order valence-corrected chi connectivity index (χ3v) is 4.11. The molecule has 0 aliphatic rings. The molecule has 1 aromatic carbocycles. The van der Waals surface area contributed by atoms with Crippen molar-refractivity contribution in [1.29, 1.82) is 0 Å². The van der Waals surface area contributed by atoms with Crippen molar-refractivity contribution in [2.24, 2.45) is 7.05 Å². The number of imidazole rings is 1. The van der Waals surface area contributed by atoms with Gasteiger partial charge in [0, 0.05) is 17.5 Å². The lowest BCUT2D eigenvalue weighted by molar-refractivity contribution is 0.938. The number of thioether (sulfide) groups is 1. The average molecular weight is 284 g/mol. The molecule has 2 N–H and O–H groups in total. The van der Waals surface area contributed by atoms with Gasteiger partial charge in [-0.05, 0) is 17.9 Å².